The molecule has 1 heterocycles. The van der Waals surface area contributed by atoms with Gasteiger partial charge in [0.05, 0.1) is 12.6 Å². The van der Waals surface area contributed by atoms with Crippen molar-refractivity contribution >= 4 is 11.8 Å². The Kier molecular flexibility index (Phi) is 5.16. The van der Waals surface area contributed by atoms with Crippen LogP contribution in [0.25, 0.3) is 0 Å². The van der Waals surface area contributed by atoms with E-state index in [2.05, 4.69) is 0 Å². The Morgan fingerprint density at radius 1 is 1.29 bits per heavy atom. The molecule has 1 fully saturated rings. The van der Waals surface area contributed by atoms with Crippen molar-refractivity contribution in [3.05, 3.63) is 29.8 Å². The van der Waals surface area contributed by atoms with Crippen LogP contribution < -0.4 is 10.5 Å². The van der Waals surface area contributed by atoms with Crippen molar-refractivity contribution in [2.24, 2.45) is 5.73 Å². The van der Waals surface area contributed by atoms with Gasteiger partial charge in [-0.25, -0.2) is 0 Å². The van der Waals surface area contributed by atoms with Gasteiger partial charge in [-0.05, 0) is 43.5 Å². The van der Waals surface area contributed by atoms with Crippen LogP contribution in [-0.2, 0) is 4.79 Å². The van der Waals surface area contributed by atoms with Crippen molar-refractivity contribution in [1.29, 1.82) is 0 Å². The van der Waals surface area contributed by atoms with Crippen molar-refractivity contribution < 1.29 is 19.4 Å². The minimum atomic E-state index is -0.547. The van der Waals surface area contributed by atoms with E-state index in [-0.39, 0.29) is 25.2 Å². The van der Waals surface area contributed by atoms with Crippen LogP contribution >= 0.6 is 0 Å². The Bertz CT molecular complexity index is 501. The Balaban J connectivity index is 2.03. The van der Waals surface area contributed by atoms with Crippen molar-refractivity contribution in [3.63, 3.8) is 0 Å². The third kappa shape index (κ3) is 3.95. The van der Waals surface area contributed by atoms with E-state index in [0.29, 0.717) is 17.9 Å². The summed E-state index contributed by atoms with van der Waals surface area (Å²) in [6.07, 6.45) is 2.83. The SMILES string of the molecule is NC(=O)COc1ccc(C(=O)N2CCCCC2CO)cc1. The molecular formula is C15H20N2O4. The Morgan fingerprint density at radius 3 is 2.62 bits per heavy atom. The zero-order valence-corrected chi connectivity index (χ0v) is 11.8. The predicted octanol–water partition coefficient (Wildman–Crippen LogP) is 0.538. The first kappa shape index (κ1) is 15.3. The molecule has 1 atom stereocenters. The molecule has 0 saturated carbocycles. The summed E-state index contributed by atoms with van der Waals surface area (Å²) in [4.78, 5) is 24.8. The molecular weight excluding hydrogens is 272 g/mol. The van der Waals surface area contributed by atoms with E-state index in [9.17, 15) is 14.7 Å². The fraction of sp³-hybridized carbons (Fsp3) is 0.467. The number of nitrogens with zero attached hydrogens (tertiary/aromatic N) is 1. The van der Waals surface area contributed by atoms with Gasteiger partial charge in [-0.3, -0.25) is 9.59 Å². The molecule has 114 valence electrons. The van der Waals surface area contributed by atoms with Gasteiger partial charge in [0, 0.05) is 12.1 Å². The smallest absolute Gasteiger partial charge is 0.255 e. The fourth-order valence-electron chi connectivity index (χ4n) is 2.47. The average molecular weight is 292 g/mol. The van der Waals surface area contributed by atoms with Crippen LogP contribution in [0, 0.1) is 0 Å². The first-order valence-corrected chi connectivity index (χ1v) is 7.05. The van der Waals surface area contributed by atoms with Crippen LogP contribution in [0.15, 0.2) is 24.3 Å². The number of aliphatic hydroxyl groups is 1. The highest BCUT2D eigenvalue weighted by molar-refractivity contribution is 5.94. The zero-order chi connectivity index (χ0) is 15.2. The van der Waals surface area contributed by atoms with Crippen LogP contribution in [0.1, 0.15) is 29.6 Å². The van der Waals surface area contributed by atoms with Crippen LogP contribution in [0.4, 0.5) is 0 Å². The molecule has 1 aromatic carbocycles. The summed E-state index contributed by atoms with van der Waals surface area (Å²) in [7, 11) is 0. The number of piperidine rings is 1. The number of carbonyl (C=O) groups excluding carboxylic acids is 2. The summed E-state index contributed by atoms with van der Waals surface area (Å²) in [5, 5.41) is 9.37. The molecule has 21 heavy (non-hydrogen) atoms. The maximum Gasteiger partial charge on any atom is 0.255 e. The Hall–Kier alpha value is -2.08. The van der Waals surface area contributed by atoms with Crippen molar-refractivity contribution in [2.45, 2.75) is 25.3 Å². The number of aliphatic hydroxyl groups excluding tert-OH is 1. The van der Waals surface area contributed by atoms with Crippen LogP contribution in [0.2, 0.25) is 0 Å². The van der Waals surface area contributed by atoms with E-state index in [1.807, 2.05) is 0 Å². The second kappa shape index (κ2) is 7.08. The van der Waals surface area contributed by atoms with E-state index in [4.69, 9.17) is 10.5 Å². The molecule has 1 aliphatic heterocycles. The second-order valence-electron chi connectivity index (χ2n) is 5.11. The molecule has 0 bridgehead atoms. The number of likely N-dealkylation sites (tertiary alicyclic amines) is 1. The third-order valence-electron chi connectivity index (χ3n) is 3.58. The monoisotopic (exact) mass is 292 g/mol. The molecule has 0 radical (unpaired) electrons. The first-order valence-electron chi connectivity index (χ1n) is 7.05. The number of ether oxygens (including phenoxy) is 1. The predicted molar refractivity (Wildman–Crippen MR) is 76.9 cm³/mol. The molecule has 0 aromatic heterocycles. The van der Waals surface area contributed by atoms with Crippen molar-refractivity contribution in [3.8, 4) is 5.75 Å². The number of nitrogens with two attached hydrogens (primary N) is 1. The lowest BCUT2D eigenvalue weighted by atomic mass is 10.0. The summed E-state index contributed by atoms with van der Waals surface area (Å²) < 4.78 is 5.15. The van der Waals surface area contributed by atoms with E-state index < -0.39 is 5.91 Å². The van der Waals surface area contributed by atoms with Gasteiger partial charge in [0.25, 0.3) is 11.8 Å². The molecule has 6 nitrogen and oxygen atoms in total. The number of carbonyl (C=O) groups is 2. The number of benzene rings is 1. The molecule has 0 spiro atoms. The highest BCUT2D eigenvalue weighted by Gasteiger charge is 2.26. The van der Waals surface area contributed by atoms with Gasteiger partial charge in [0.15, 0.2) is 6.61 Å². The van der Waals surface area contributed by atoms with Gasteiger partial charge in [0.2, 0.25) is 0 Å². The molecule has 1 aromatic rings. The minimum absolute atomic E-state index is 0.00839. The third-order valence-corrected chi connectivity index (χ3v) is 3.58. The van der Waals surface area contributed by atoms with Crippen molar-refractivity contribution in [1.82, 2.24) is 4.90 Å². The average Bonchev–Trinajstić information content (AvgIpc) is 2.52. The topological polar surface area (TPSA) is 92.9 Å². The standard InChI is InChI=1S/C15H20N2O4/c16-14(19)10-21-13-6-4-11(5-7-13)15(20)17-8-2-1-3-12(17)9-18/h4-7,12,18H,1-3,8-10H2,(H2,16,19). The molecule has 0 aliphatic carbocycles. The summed E-state index contributed by atoms with van der Waals surface area (Å²) in [6.45, 7) is 0.474. The lowest BCUT2D eigenvalue weighted by Gasteiger charge is -2.34. The number of primary amides is 1. The number of hydrogen-bond donors (Lipinski definition) is 2. The van der Waals surface area contributed by atoms with Gasteiger partial charge in [-0.1, -0.05) is 0 Å². The molecule has 3 N–H and O–H groups in total. The maximum atomic E-state index is 12.4. The van der Waals surface area contributed by atoms with Gasteiger partial charge < -0.3 is 20.5 Å². The fourth-order valence-corrected chi connectivity index (χ4v) is 2.47. The largest absolute Gasteiger partial charge is 0.484 e. The highest BCUT2D eigenvalue weighted by atomic mass is 16.5. The lowest BCUT2D eigenvalue weighted by molar-refractivity contribution is -0.119. The Morgan fingerprint density at radius 2 is 2.00 bits per heavy atom. The molecule has 1 saturated heterocycles. The summed E-state index contributed by atoms with van der Waals surface area (Å²) in [6, 6.07) is 6.47. The number of amides is 2. The van der Waals surface area contributed by atoms with Crippen molar-refractivity contribution in [2.75, 3.05) is 19.8 Å². The van der Waals surface area contributed by atoms with Crippen LogP contribution in [0.3, 0.4) is 0 Å². The van der Waals surface area contributed by atoms with E-state index in [1.165, 1.54) is 0 Å². The molecule has 1 aliphatic rings. The van der Waals surface area contributed by atoms with Gasteiger partial charge in [-0.15, -0.1) is 0 Å². The summed E-state index contributed by atoms with van der Waals surface area (Å²) in [5.74, 6) is -0.146. The molecule has 1 unspecified atom stereocenters. The molecule has 2 rings (SSSR count). The maximum absolute atomic E-state index is 12.4. The number of hydrogen-bond acceptors (Lipinski definition) is 4. The molecule has 6 heteroatoms. The minimum Gasteiger partial charge on any atom is -0.484 e. The quantitative estimate of drug-likeness (QED) is 0.828. The Labute approximate surface area is 123 Å². The van der Waals surface area contributed by atoms with E-state index >= 15 is 0 Å². The van der Waals surface area contributed by atoms with Gasteiger partial charge in [-0.2, -0.15) is 0 Å². The van der Waals surface area contributed by atoms with Gasteiger partial charge in [0.1, 0.15) is 5.75 Å². The first-order chi connectivity index (χ1) is 10.1. The van der Waals surface area contributed by atoms with E-state index in [0.717, 1.165) is 19.3 Å². The normalized spacial score (nSPS) is 18.3. The van der Waals surface area contributed by atoms with Gasteiger partial charge >= 0.3 is 0 Å². The second-order valence-corrected chi connectivity index (χ2v) is 5.11. The highest BCUT2D eigenvalue weighted by Crippen LogP contribution is 2.20. The molecule has 2 amide bonds. The van der Waals surface area contributed by atoms with Crippen LogP contribution in [-0.4, -0.2) is 47.6 Å². The van der Waals surface area contributed by atoms with E-state index in [1.54, 1.807) is 29.2 Å². The van der Waals surface area contributed by atoms with Crippen LogP contribution in [0.5, 0.6) is 5.75 Å². The summed E-state index contributed by atoms with van der Waals surface area (Å²) in [5.41, 5.74) is 5.54. The summed E-state index contributed by atoms with van der Waals surface area (Å²) >= 11 is 0. The lowest BCUT2D eigenvalue weighted by Crippen LogP contribution is -2.45. The number of rotatable bonds is 5. The zero-order valence-electron chi connectivity index (χ0n) is 11.8.